The number of allylic oxidation sites excluding steroid dienone is 2. The van der Waals surface area contributed by atoms with Crippen molar-refractivity contribution >= 4 is 68.8 Å². The number of carbonyl (C=O) groups is 4. The first-order valence-corrected chi connectivity index (χ1v) is 25.2. The lowest BCUT2D eigenvalue weighted by Gasteiger charge is -2.34. The van der Waals surface area contributed by atoms with Crippen LogP contribution in [0.25, 0.3) is 33.3 Å². The fraction of sp³-hybridized carbons (Fsp3) is 0.472. The molecule has 0 spiro atoms. The van der Waals surface area contributed by atoms with E-state index in [1.807, 2.05) is 35.4 Å². The number of amides is 4. The van der Waals surface area contributed by atoms with Gasteiger partial charge in [0.25, 0.3) is 0 Å². The van der Waals surface area contributed by atoms with Crippen molar-refractivity contribution in [2.45, 2.75) is 115 Å². The molecule has 0 saturated carbocycles. The average molecular weight is 992 g/mol. The summed E-state index contributed by atoms with van der Waals surface area (Å²) in [6, 6.07) is 10.9. The minimum Gasteiger partial charge on any atom is -0.464 e. The molecule has 71 heavy (non-hydrogen) atoms. The predicted molar refractivity (Wildman–Crippen MR) is 267 cm³/mol. The second-order valence-electron chi connectivity index (χ2n) is 19.8. The highest BCUT2D eigenvalue weighted by Crippen LogP contribution is 2.49. The molecule has 3 fully saturated rings. The van der Waals surface area contributed by atoms with E-state index in [0.29, 0.717) is 87.4 Å². The Morgan fingerprint density at radius 3 is 2.07 bits per heavy atom. The largest absolute Gasteiger partial charge is 0.464 e. The van der Waals surface area contributed by atoms with Crippen molar-refractivity contribution in [1.82, 2.24) is 25.0 Å². The summed E-state index contributed by atoms with van der Waals surface area (Å²) in [6.45, 7) is 8.65. The zero-order valence-electron chi connectivity index (χ0n) is 40.8. The Morgan fingerprint density at radius 1 is 0.817 bits per heavy atom. The van der Waals surface area contributed by atoms with Gasteiger partial charge in [0.1, 0.15) is 29.3 Å². The first-order valence-electron chi connectivity index (χ1n) is 24.4. The van der Waals surface area contributed by atoms with Gasteiger partial charge in [-0.25, -0.2) is 18.4 Å². The summed E-state index contributed by atoms with van der Waals surface area (Å²) in [4.78, 5) is 67.8. The van der Waals surface area contributed by atoms with Crippen LogP contribution in [0.15, 0.2) is 64.8 Å². The van der Waals surface area contributed by atoms with Crippen LogP contribution in [0.2, 0.25) is 0 Å². The Balaban J connectivity index is 0.902. The molecule has 18 heteroatoms. The highest BCUT2D eigenvalue weighted by atomic mass is 32.1. The minimum absolute atomic E-state index is 0.0838. The van der Waals surface area contributed by atoms with Gasteiger partial charge in [-0.3, -0.25) is 24.1 Å². The number of methoxy groups -OCH3 is 2. The third-order valence-electron chi connectivity index (χ3n) is 15.0. The lowest BCUT2D eigenvalue weighted by atomic mass is 9.90. The first kappa shape index (κ1) is 48.2. The van der Waals surface area contributed by atoms with Gasteiger partial charge >= 0.3 is 12.2 Å². The van der Waals surface area contributed by atoms with Gasteiger partial charge in [0, 0.05) is 73.2 Å². The van der Waals surface area contributed by atoms with E-state index < -0.39 is 47.9 Å². The van der Waals surface area contributed by atoms with Crippen LogP contribution in [-0.2, 0) is 23.8 Å². The molecule has 4 amide bonds. The molecule has 6 aliphatic heterocycles. The molecule has 4 aromatic rings. The van der Waals surface area contributed by atoms with Crippen molar-refractivity contribution < 1.29 is 46.9 Å². The van der Waals surface area contributed by atoms with E-state index in [1.54, 1.807) is 28.5 Å². The molecule has 0 radical (unpaired) electrons. The second-order valence-corrected chi connectivity index (χ2v) is 21.1. The maximum atomic E-state index is 17.0. The van der Waals surface area contributed by atoms with Crippen LogP contribution in [-0.4, -0.2) is 120 Å². The summed E-state index contributed by atoms with van der Waals surface area (Å²) in [5, 5.41) is 6.09. The third kappa shape index (κ3) is 9.13. The number of fused-ring (bicyclic) bond motifs is 5. The van der Waals surface area contributed by atoms with E-state index in [-0.39, 0.29) is 23.9 Å². The molecule has 10 rings (SSSR count). The molecular formula is C53H59F2N7O8S. The van der Waals surface area contributed by atoms with Crippen molar-refractivity contribution in [3.05, 3.63) is 87.1 Å². The Bertz CT molecular complexity index is 2930. The number of nitrogens with zero attached hydrogens (tertiary/aromatic N) is 5. The smallest absolute Gasteiger partial charge is 0.407 e. The lowest BCUT2D eigenvalue weighted by Crippen LogP contribution is -2.58. The molecule has 0 bridgehead atoms. The molecule has 2 N–H and O–H groups in total. The molecule has 15 nitrogen and oxygen atoms in total. The van der Waals surface area contributed by atoms with Gasteiger partial charge in [-0.15, -0.1) is 11.3 Å². The SMILES string of the molecule is COC(=O)NC(C(=O)N1CCC[C@H]1C1=NC=C(c2ccc3c(c2)cc2n3C(c3cc(C)c(C)s3)Oc3cc(C4=CN=C([C@@H]5CCCN5C(=O)[C@@H](NC(=O)OC)C5CCOCC5)C4)cc(F)c3-2)C1)C(C)(C)F. The van der Waals surface area contributed by atoms with E-state index >= 15 is 8.78 Å². The number of rotatable bonds is 11. The number of thiophene rings is 1. The quantitative estimate of drug-likeness (QED) is 0.150. The highest BCUT2D eigenvalue weighted by molar-refractivity contribution is 7.12. The second kappa shape index (κ2) is 19.3. The number of halogens is 2. The zero-order valence-corrected chi connectivity index (χ0v) is 41.6. The molecule has 2 aromatic carbocycles. The van der Waals surface area contributed by atoms with Crippen molar-refractivity contribution in [3.8, 4) is 17.0 Å². The number of ether oxygens (including phenoxy) is 4. The molecular weight excluding hydrogens is 933 g/mol. The Kier molecular flexibility index (Phi) is 13.1. The van der Waals surface area contributed by atoms with E-state index in [0.717, 1.165) is 67.2 Å². The standard InChI is InChI=1S/C53H59F2N7O8S/c1-28-19-44(71-29(28)2)50-62-39-12-11-31(34-22-37(56-26-34)41-10-8-16-61(41)49(64)47(53(3,4)55)59-52(66)68-6)20-33(39)24-42(62)45-36(54)21-32(25-43(45)70-50)35-23-38(57-27-35)40-9-7-15-60(40)48(63)46(58-51(65)67-5)30-13-17-69-18-14-30/h11-12,19-21,24-27,30,40-41,46-47,50H,7-10,13-18,22-23H2,1-6H3,(H,58,65)(H,59,66)/t40-,41-,46-,47?,50?/m0/s1. The number of aryl methyl sites for hydroxylation is 2. The molecule has 8 heterocycles. The molecule has 374 valence electrons. The molecule has 2 unspecified atom stereocenters. The zero-order chi connectivity index (χ0) is 49.9. The van der Waals surface area contributed by atoms with Crippen LogP contribution in [0.5, 0.6) is 5.75 Å². The van der Waals surface area contributed by atoms with Crippen molar-refractivity contribution in [2.75, 3.05) is 40.5 Å². The maximum absolute atomic E-state index is 17.0. The summed E-state index contributed by atoms with van der Waals surface area (Å²) in [7, 11) is 2.46. The van der Waals surface area contributed by atoms with Crippen LogP contribution < -0.4 is 15.4 Å². The summed E-state index contributed by atoms with van der Waals surface area (Å²) in [5.41, 5.74) is 5.92. The van der Waals surface area contributed by atoms with Crippen molar-refractivity contribution in [3.63, 3.8) is 0 Å². The number of aromatic nitrogens is 1. The summed E-state index contributed by atoms with van der Waals surface area (Å²) in [5.74, 6) is -0.791. The van der Waals surface area contributed by atoms with E-state index in [4.69, 9.17) is 28.9 Å². The van der Waals surface area contributed by atoms with Crippen molar-refractivity contribution in [2.24, 2.45) is 15.9 Å². The van der Waals surface area contributed by atoms with Gasteiger partial charge in [0.2, 0.25) is 18.0 Å². The topological polar surface area (TPSA) is 165 Å². The molecule has 3 saturated heterocycles. The Hall–Kier alpha value is -6.40. The number of aliphatic imine (C=N–C) groups is 2. The summed E-state index contributed by atoms with van der Waals surface area (Å²) < 4.78 is 56.5. The number of alkyl halides is 1. The average Bonchev–Trinajstić information content (AvgIpc) is 4.23. The third-order valence-corrected chi connectivity index (χ3v) is 16.2. The van der Waals surface area contributed by atoms with Crippen LogP contribution in [0, 0.1) is 25.6 Å². The number of hydrogen-bond acceptors (Lipinski definition) is 11. The fourth-order valence-corrected chi connectivity index (χ4v) is 12.2. The van der Waals surface area contributed by atoms with Crippen LogP contribution >= 0.6 is 11.3 Å². The normalized spacial score (nSPS) is 21.9. The number of hydrogen-bond donors (Lipinski definition) is 2. The predicted octanol–water partition coefficient (Wildman–Crippen LogP) is 9.04. The minimum atomic E-state index is -2.04. The van der Waals surface area contributed by atoms with E-state index in [9.17, 15) is 19.2 Å². The van der Waals surface area contributed by atoms with Crippen LogP contribution in [0.3, 0.4) is 0 Å². The Labute approximate surface area is 414 Å². The molecule has 2 aromatic heterocycles. The lowest BCUT2D eigenvalue weighted by molar-refractivity contribution is -0.137. The van der Waals surface area contributed by atoms with Gasteiger partial charge in [-0.1, -0.05) is 6.07 Å². The van der Waals surface area contributed by atoms with Gasteiger partial charge < -0.3 is 39.4 Å². The molecule has 0 aliphatic carbocycles. The number of nitrogens with one attached hydrogen (secondary N) is 2. The van der Waals surface area contributed by atoms with Gasteiger partial charge in [-0.2, -0.15) is 0 Å². The fourth-order valence-electron chi connectivity index (χ4n) is 11.1. The van der Waals surface area contributed by atoms with Crippen LogP contribution in [0.4, 0.5) is 18.4 Å². The van der Waals surface area contributed by atoms with Crippen molar-refractivity contribution in [1.29, 1.82) is 0 Å². The molecule has 5 atom stereocenters. The summed E-state index contributed by atoms with van der Waals surface area (Å²) >= 11 is 1.64. The van der Waals surface area contributed by atoms with Gasteiger partial charge in [-0.05, 0) is 136 Å². The van der Waals surface area contributed by atoms with E-state index in [2.05, 4.69) is 41.2 Å². The highest BCUT2D eigenvalue weighted by Gasteiger charge is 2.45. The number of alkyl carbamates (subject to hydrolysis) is 2. The number of carbonyl (C=O) groups excluding carboxylic acids is 4. The first-order chi connectivity index (χ1) is 34.1. The molecule has 6 aliphatic rings. The monoisotopic (exact) mass is 991 g/mol. The summed E-state index contributed by atoms with van der Waals surface area (Å²) in [6.07, 6.45) is 6.55. The van der Waals surface area contributed by atoms with Gasteiger partial charge in [0.05, 0.1) is 48.0 Å². The maximum Gasteiger partial charge on any atom is 0.407 e. The van der Waals surface area contributed by atoms with E-state index in [1.165, 1.54) is 28.1 Å². The number of likely N-dealkylation sites (tertiary alicyclic amines) is 2. The number of benzene rings is 2. The van der Waals surface area contributed by atoms with Gasteiger partial charge in [0.15, 0.2) is 0 Å². The van der Waals surface area contributed by atoms with Crippen LogP contribution in [0.1, 0.15) is 97.9 Å². The Morgan fingerprint density at radius 2 is 1.45 bits per heavy atom.